The van der Waals surface area contributed by atoms with Gasteiger partial charge < -0.3 is 16.8 Å². The van der Waals surface area contributed by atoms with E-state index in [1.807, 2.05) is 5.32 Å². The second-order valence-electron chi connectivity index (χ2n) is 4.99. The van der Waals surface area contributed by atoms with Crippen LogP contribution in [0.4, 0.5) is 43.4 Å². The van der Waals surface area contributed by atoms with E-state index in [1.165, 1.54) is 6.07 Å². The first-order valence-corrected chi connectivity index (χ1v) is 6.65. The summed E-state index contributed by atoms with van der Waals surface area (Å²) in [6.45, 7) is 0. The van der Waals surface area contributed by atoms with E-state index in [0.29, 0.717) is 6.07 Å². The lowest BCUT2D eigenvalue weighted by Crippen LogP contribution is -2.22. The SMILES string of the molecule is Nc1ccc(C(=O)Nc2ccccc2C(F)(F)F)c(C(F)(F)F)c1N. The predicted octanol–water partition coefficient (Wildman–Crippen LogP) is 4.14. The van der Waals surface area contributed by atoms with E-state index in [0.717, 1.165) is 24.3 Å². The van der Waals surface area contributed by atoms with Crippen molar-refractivity contribution in [3.63, 3.8) is 0 Å². The number of benzene rings is 2. The zero-order chi connectivity index (χ0) is 19.0. The molecule has 4 nitrogen and oxygen atoms in total. The standard InChI is InChI=1S/C15H11F6N3O/c16-14(17,18)8-3-1-2-4-10(8)24-13(25)7-5-6-9(22)12(23)11(7)15(19,20)21/h1-6H,22-23H2,(H,24,25). The molecule has 0 radical (unpaired) electrons. The highest BCUT2D eigenvalue weighted by Gasteiger charge is 2.39. The smallest absolute Gasteiger partial charge is 0.397 e. The van der Waals surface area contributed by atoms with Gasteiger partial charge in [-0.1, -0.05) is 12.1 Å². The lowest BCUT2D eigenvalue weighted by Gasteiger charge is -2.18. The molecule has 10 heteroatoms. The van der Waals surface area contributed by atoms with Crippen LogP contribution in [0.15, 0.2) is 36.4 Å². The normalized spacial score (nSPS) is 12.1. The molecule has 0 atom stereocenters. The van der Waals surface area contributed by atoms with Gasteiger partial charge in [-0.2, -0.15) is 26.3 Å². The molecule has 0 saturated carbocycles. The molecule has 0 heterocycles. The molecular weight excluding hydrogens is 352 g/mol. The fourth-order valence-electron chi connectivity index (χ4n) is 2.16. The molecule has 2 rings (SSSR count). The van der Waals surface area contributed by atoms with E-state index in [-0.39, 0.29) is 0 Å². The molecule has 0 fully saturated rings. The van der Waals surface area contributed by atoms with Gasteiger partial charge in [-0.05, 0) is 24.3 Å². The summed E-state index contributed by atoms with van der Waals surface area (Å²) in [5, 5.41) is 1.84. The Hall–Kier alpha value is -2.91. The maximum Gasteiger partial charge on any atom is 0.419 e. The molecule has 0 bridgehead atoms. The number of para-hydroxylation sites is 1. The molecule has 25 heavy (non-hydrogen) atoms. The van der Waals surface area contributed by atoms with Gasteiger partial charge in [-0.3, -0.25) is 4.79 Å². The van der Waals surface area contributed by atoms with Crippen molar-refractivity contribution in [3.8, 4) is 0 Å². The molecule has 0 aromatic heterocycles. The summed E-state index contributed by atoms with van der Waals surface area (Å²) < 4.78 is 78.2. The van der Waals surface area contributed by atoms with Crippen LogP contribution in [0.1, 0.15) is 21.5 Å². The Bertz CT molecular complexity index is 814. The molecule has 134 valence electrons. The van der Waals surface area contributed by atoms with Crippen LogP contribution in [-0.4, -0.2) is 5.91 Å². The van der Waals surface area contributed by atoms with Crippen LogP contribution in [0, 0.1) is 0 Å². The first kappa shape index (κ1) is 18.4. The number of carbonyl (C=O) groups is 1. The molecule has 0 aliphatic heterocycles. The number of amides is 1. The highest BCUT2D eigenvalue weighted by Crippen LogP contribution is 2.40. The number of rotatable bonds is 2. The Labute approximate surface area is 137 Å². The van der Waals surface area contributed by atoms with Gasteiger partial charge in [0, 0.05) is 0 Å². The van der Waals surface area contributed by atoms with Gasteiger partial charge in [0.15, 0.2) is 0 Å². The number of hydrogen-bond acceptors (Lipinski definition) is 3. The van der Waals surface area contributed by atoms with Gasteiger partial charge in [-0.15, -0.1) is 0 Å². The van der Waals surface area contributed by atoms with Gasteiger partial charge in [0.05, 0.1) is 33.8 Å². The van der Waals surface area contributed by atoms with Crippen LogP contribution in [0.3, 0.4) is 0 Å². The van der Waals surface area contributed by atoms with E-state index >= 15 is 0 Å². The Morgan fingerprint density at radius 1 is 0.880 bits per heavy atom. The number of alkyl halides is 6. The van der Waals surface area contributed by atoms with Crippen LogP contribution in [0.2, 0.25) is 0 Å². The summed E-state index contributed by atoms with van der Waals surface area (Å²) in [4.78, 5) is 12.1. The number of nitrogens with one attached hydrogen (secondary N) is 1. The van der Waals surface area contributed by atoms with Crippen molar-refractivity contribution in [2.24, 2.45) is 0 Å². The maximum atomic E-state index is 13.2. The van der Waals surface area contributed by atoms with Crippen LogP contribution >= 0.6 is 0 Å². The lowest BCUT2D eigenvalue weighted by atomic mass is 10.0. The molecular formula is C15H11F6N3O. The van der Waals surface area contributed by atoms with Crippen LogP contribution in [-0.2, 0) is 12.4 Å². The zero-order valence-electron chi connectivity index (χ0n) is 12.3. The second kappa shape index (κ2) is 6.19. The van der Waals surface area contributed by atoms with Crippen LogP contribution < -0.4 is 16.8 Å². The topological polar surface area (TPSA) is 81.1 Å². The van der Waals surface area contributed by atoms with Crippen LogP contribution in [0.5, 0.6) is 0 Å². The summed E-state index contributed by atoms with van der Waals surface area (Å²) >= 11 is 0. The fraction of sp³-hybridized carbons (Fsp3) is 0.133. The Morgan fingerprint density at radius 3 is 2.04 bits per heavy atom. The summed E-state index contributed by atoms with van der Waals surface area (Å²) in [7, 11) is 0. The average molecular weight is 363 g/mol. The first-order chi connectivity index (χ1) is 11.4. The third kappa shape index (κ3) is 3.78. The van der Waals surface area contributed by atoms with Gasteiger partial charge in [0.1, 0.15) is 0 Å². The van der Waals surface area contributed by atoms with E-state index in [2.05, 4.69) is 0 Å². The molecule has 2 aromatic carbocycles. The van der Waals surface area contributed by atoms with Crippen molar-refractivity contribution in [3.05, 3.63) is 53.1 Å². The minimum atomic E-state index is -5.02. The van der Waals surface area contributed by atoms with Crippen molar-refractivity contribution < 1.29 is 31.1 Å². The number of anilines is 3. The van der Waals surface area contributed by atoms with E-state index in [9.17, 15) is 31.1 Å². The summed E-state index contributed by atoms with van der Waals surface area (Å²) in [5.74, 6) is -1.39. The van der Waals surface area contributed by atoms with Gasteiger partial charge in [0.2, 0.25) is 0 Å². The van der Waals surface area contributed by atoms with Gasteiger partial charge in [0.25, 0.3) is 5.91 Å². The largest absolute Gasteiger partial charge is 0.419 e. The number of carbonyl (C=O) groups excluding carboxylic acids is 1. The molecule has 1 amide bonds. The lowest BCUT2D eigenvalue weighted by molar-refractivity contribution is -0.138. The number of hydrogen-bond donors (Lipinski definition) is 3. The highest BCUT2D eigenvalue weighted by atomic mass is 19.4. The monoisotopic (exact) mass is 363 g/mol. The fourth-order valence-corrected chi connectivity index (χ4v) is 2.16. The number of halogens is 6. The molecule has 0 aliphatic rings. The van der Waals surface area contributed by atoms with Crippen molar-refractivity contribution in [2.45, 2.75) is 12.4 Å². The quantitative estimate of drug-likeness (QED) is 0.554. The Balaban J connectivity index is 2.50. The minimum absolute atomic E-state index is 0.403. The van der Waals surface area contributed by atoms with Crippen LogP contribution in [0.25, 0.3) is 0 Å². The van der Waals surface area contributed by atoms with Crippen molar-refractivity contribution in [1.82, 2.24) is 0 Å². The molecule has 0 saturated heterocycles. The summed E-state index contributed by atoms with van der Waals surface area (Å²) in [5.41, 5.74) is 5.02. The first-order valence-electron chi connectivity index (χ1n) is 6.65. The van der Waals surface area contributed by atoms with Crippen molar-refractivity contribution >= 4 is 23.0 Å². The van der Waals surface area contributed by atoms with Crippen molar-refractivity contribution in [2.75, 3.05) is 16.8 Å². The molecule has 0 unspecified atom stereocenters. The molecule has 0 aliphatic carbocycles. The van der Waals surface area contributed by atoms with E-state index < -0.39 is 52.0 Å². The highest BCUT2D eigenvalue weighted by molar-refractivity contribution is 6.07. The van der Waals surface area contributed by atoms with Crippen molar-refractivity contribution in [1.29, 1.82) is 0 Å². The Kier molecular flexibility index (Phi) is 4.56. The average Bonchev–Trinajstić information content (AvgIpc) is 2.47. The Morgan fingerprint density at radius 2 is 1.48 bits per heavy atom. The minimum Gasteiger partial charge on any atom is -0.397 e. The molecule has 0 spiro atoms. The molecule has 2 aromatic rings. The predicted molar refractivity (Wildman–Crippen MR) is 79.7 cm³/mol. The zero-order valence-corrected chi connectivity index (χ0v) is 12.3. The number of nitrogen functional groups attached to an aromatic ring is 2. The maximum absolute atomic E-state index is 13.2. The second-order valence-corrected chi connectivity index (χ2v) is 4.99. The van der Waals surface area contributed by atoms with E-state index in [4.69, 9.17) is 11.5 Å². The van der Waals surface area contributed by atoms with Gasteiger partial charge >= 0.3 is 12.4 Å². The third-order valence-corrected chi connectivity index (χ3v) is 3.29. The third-order valence-electron chi connectivity index (χ3n) is 3.29. The summed E-state index contributed by atoms with van der Waals surface area (Å²) in [6, 6.07) is 5.62. The molecule has 5 N–H and O–H groups in total. The van der Waals surface area contributed by atoms with Gasteiger partial charge in [-0.25, -0.2) is 0 Å². The number of nitrogens with two attached hydrogens (primary N) is 2. The summed E-state index contributed by atoms with van der Waals surface area (Å²) in [6.07, 6.45) is -9.81. The van der Waals surface area contributed by atoms with E-state index in [1.54, 1.807) is 0 Å².